The molecule has 0 atom stereocenters. The summed E-state index contributed by atoms with van der Waals surface area (Å²) in [6, 6.07) is 4.44. The number of sulfonamides is 1. The molecule has 0 saturated heterocycles. The largest absolute Gasteiger partial charge is 0.490 e. The van der Waals surface area contributed by atoms with Crippen LogP contribution in [0.5, 0.6) is 5.75 Å². The number of hydrogen-bond acceptors (Lipinski definition) is 3. The molecule has 0 bridgehead atoms. The minimum atomic E-state index is -3.63. The van der Waals surface area contributed by atoms with Gasteiger partial charge in [-0.15, -0.1) is 0 Å². The van der Waals surface area contributed by atoms with Crippen LogP contribution in [0.4, 0.5) is 4.39 Å². The van der Waals surface area contributed by atoms with Crippen LogP contribution in [0.25, 0.3) is 0 Å². The maximum atomic E-state index is 13.7. The molecule has 114 valence electrons. The molecule has 1 aromatic rings. The third-order valence-corrected chi connectivity index (χ3v) is 4.76. The molecule has 2 N–H and O–H groups in total. The maximum Gasteiger partial charge on any atom is 0.209 e. The van der Waals surface area contributed by atoms with Crippen LogP contribution >= 0.6 is 11.6 Å². The molecule has 7 heteroatoms. The van der Waals surface area contributed by atoms with Crippen LogP contribution in [0.2, 0.25) is 5.02 Å². The Bertz CT molecular complexity index is 559. The predicted octanol–water partition coefficient (Wildman–Crippen LogP) is 2.95. The normalized spacial score (nSPS) is 12.4. The standard InChI is InChI=1S/C13H19ClFNO3S/c1-3-13(4-2,9-20(16,17)18)8-19-11-7-5-6-10(14)12(11)15/h5-7H,3-4,8-9H2,1-2H3,(H2,16,17,18). The van der Waals surface area contributed by atoms with Crippen LogP contribution in [-0.2, 0) is 10.0 Å². The van der Waals surface area contributed by atoms with Gasteiger partial charge in [0.1, 0.15) is 0 Å². The van der Waals surface area contributed by atoms with Crippen molar-refractivity contribution in [1.29, 1.82) is 0 Å². The number of benzene rings is 1. The first-order valence-corrected chi connectivity index (χ1v) is 8.39. The van der Waals surface area contributed by atoms with Crippen molar-refractivity contribution in [3.63, 3.8) is 0 Å². The topological polar surface area (TPSA) is 69.4 Å². The van der Waals surface area contributed by atoms with E-state index in [0.717, 1.165) is 0 Å². The van der Waals surface area contributed by atoms with Crippen molar-refractivity contribution in [2.75, 3.05) is 12.4 Å². The van der Waals surface area contributed by atoms with E-state index < -0.39 is 21.3 Å². The van der Waals surface area contributed by atoms with Gasteiger partial charge in [0.25, 0.3) is 0 Å². The molecular formula is C13H19ClFNO3S. The molecule has 0 spiro atoms. The number of hydrogen-bond donors (Lipinski definition) is 1. The molecule has 1 aromatic carbocycles. The molecule has 4 nitrogen and oxygen atoms in total. The van der Waals surface area contributed by atoms with Crippen LogP contribution < -0.4 is 9.88 Å². The van der Waals surface area contributed by atoms with Crippen molar-refractivity contribution in [2.45, 2.75) is 26.7 Å². The van der Waals surface area contributed by atoms with Gasteiger partial charge in [0.05, 0.1) is 17.4 Å². The highest BCUT2D eigenvalue weighted by Gasteiger charge is 2.32. The van der Waals surface area contributed by atoms with Gasteiger partial charge in [-0.1, -0.05) is 31.5 Å². The van der Waals surface area contributed by atoms with Crippen LogP contribution in [0.3, 0.4) is 0 Å². The molecule has 20 heavy (non-hydrogen) atoms. The first-order valence-electron chi connectivity index (χ1n) is 6.30. The van der Waals surface area contributed by atoms with Crippen molar-refractivity contribution in [3.05, 3.63) is 29.0 Å². The van der Waals surface area contributed by atoms with Gasteiger partial charge in [-0.3, -0.25) is 0 Å². The lowest BCUT2D eigenvalue weighted by molar-refractivity contribution is 0.150. The van der Waals surface area contributed by atoms with Gasteiger partial charge in [-0.25, -0.2) is 17.9 Å². The van der Waals surface area contributed by atoms with Gasteiger partial charge in [0.2, 0.25) is 10.0 Å². The highest BCUT2D eigenvalue weighted by atomic mass is 35.5. The van der Waals surface area contributed by atoms with E-state index in [1.54, 1.807) is 6.07 Å². The Labute approximate surface area is 124 Å². The molecule has 0 saturated carbocycles. The van der Waals surface area contributed by atoms with Gasteiger partial charge in [0, 0.05) is 5.41 Å². The SMILES string of the molecule is CCC(CC)(COc1cccc(Cl)c1F)CS(N)(=O)=O. The summed E-state index contributed by atoms with van der Waals surface area (Å²) >= 11 is 5.67. The fourth-order valence-electron chi connectivity index (χ4n) is 1.95. The highest BCUT2D eigenvalue weighted by molar-refractivity contribution is 7.89. The van der Waals surface area contributed by atoms with Crippen LogP contribution in [0.15, 0.2) is 18.2 Å². The Balaban J connectivity index is 2.90. The summed E-state index contributed by atoms with van der Waals surface area (Å²) in [6.07, 6.45) is 1.12. The van der Waals surface area contributed by atoms with Gasteiger partial charge in [-0.05, 0) is 25.0 Å². The number of halogens is 2. The van der Waals surface area contributed by atoms with Crippen LogP contribution in [-0.4, -0.2) is 20.8 Å². The zero-order chi connectivity index (χ0) is 15.4. The number of nitrogens with two attached hydrogens (primary N) is 1. The zero-order valence-corrected chi connectivity index (χ0v) is 13.1. The minimum Gasteiger partial charge on any atom is -0.490 e. The molecule has 0 aliphatic heterocycles. The number of ether oxygens (including phenoxy) is 1. The summed E-state index contributed by atoms with van der Waals surface area (Å²) in [5.41, 5.74) is -0.637. The van der Waals surface area contributed by atoms with E-state index in [4.69, 9.17) is 21.5 Å². The smallest absolute Gasteiger partial charge is 0.209 e. The van der Waals surface area contributed by atoms with Crippen molar-refractivity contribution >= 4 is 21.6 Å². The van der Waals surface area contributed by atoms with Crippen molar-refractivity contribution in [2.24, 2.45) is 10.6 Å². The molecule has 0 aliphatic rings. The predicted molar refractivity (Wildman–Crippen MR) is 77.9 cm³/mol. The molecule has 0 amide bonds. The average Bonchev–Trinajstić information content (AvgIpc) is 2.37. The lowest BCUT2D eigenvalue weighted by atomic mass is 9.85. The Morgan fingerprint density at radius 1 is 1.35 bits per heavy atom. The Morgan fingerprint density at radius 2 is 1.95 bits per heavy atom. The van der Waals surface area contributed by atoms with E-state index in [-0.39, 0.29) is 23.1 Å². The van der Waals surface area contributed by atoms with E-state index >= 15 is 0 Å². The average molecular weight is 324 g/mol. The van der Waals surface area contributed by atoms with Gasteiger partial charge >= 0.3 is 0 Å². The highest BCUT2D eigenvalue weighted by Crippen LogP contribution is 2.31. The Morgan fingerprint density at radius 3 is 2.45 bits per heavy atom. The second kappa shape index (κ2) is 6.74. The summed E-state index contributed by atoms with van der Waals surface area (Å²) < 4.78 is 41.8. The van der Waals surface area contributed by atoms with Crippen molar-refractivity contribution in [3.8, 4) is 5.75 Å². The summed E-state index contributed by atoms with van der Waals surface area (Å²) in [5, 5.41) is 5.08. The van der Waals surface area contributed by atoms with Gasteiger partial charge in [0.15, 0.2) is 11.6 Å². The Kier molecular flexibility index (Phi) is 5.79. The van der Waals surface area contributed by atoms with E-state index in [1.807, 2.05) is 13.8 Å². The van der Waals surface area contributed by atoms with Gasteiger partial charge < -0.3 is 4.74 Å². The quantitative estimate of drug-likeness (QED) is 0.838. The van der Waals surface area contributed by atoms with Crippen LogP contribution in [0, 0.1) is 11.2 Å². The van der Waals surface area contributed by atoms with E-state index in [9.17, 15) is 12.8 Å². The van der Waals surface area contributed by atoms with Gasteiger partial charge in [-0.2, -0.15) is 0 Å². The summed E-state index contributed by atoms with van der Waals surface area (Å²) in [5.74, 6) is -0.834. The minimum absolute atomic E-state index is 0.0122. The Hall–Kier alpha value is -0.850. The van der Waals surface area contributed by atoms with Crippen molar-refractivity contribution in [1.82, 2.24) is 0 Å². The summed E-state index contributed by atoms with van der Waals surface area (Å²) in [6.45, 7) is 3.77. The third-order valence-electron chi connectivity index (χ3n) is 3.46. The second-order valence-electron chi connectivity index (χ2n) is 4.85. The fraction of sp³-hybridized carbons (Fsp3) is 0.538. The molecule has 0 fully saturated rings. The summed E-state index contributed by atoms with van der Waals surface area (Å²) in [7, 11) is -3.63. The second-order valence-corrected chi connectivity index (χ2v) is 6.88. The molecular weight excluding hydrogens is 305 g/mol. The first kappa shape index (κ1) is 17.2. The molecule has 0 heterocycles. The van der Waals surface area contributed by atoms with Crippen LogP contribution in [0.1, 0.15) is 26.7 Å². The van der Waals surface area contributed by atoms with E-state index in [2.05, 4.69) is 0 Å². The summed E-state index contributed by atoms with van der Waals surface area (Å²) in [4.78, 5) is 0. The fourth-order valence-corrected chi connectivity index (χ4v) is 3.46. The molecule has 0 radical (unpaired) electrons. The maximum absolute atomic E-state index is 13.7. The first-order chi connectivity index (χ1) is 9.23. The number of rotatable bonds is 7. The molecule has 0 unspecified atom stereocenters. The van der Waals surface area contributed by atoms with E-state index in [1.165, 1.54) is 12.1 Å². The van der Waals surface area contributed by atoms with E-state index in [0.29, 0.717) is 12.8 Å². The lowest BCUT2D eigenvalue weighted by Gasteiger charge is -2.30. The molecule has 0 aliphatic carbocycles. The number of primary sulfonamides is 1. The molecule has 1 rings (SSSR count). The monoisotopic (exact) mass is 323 g/mol. The molecule has 0 aromatic heterocycles. The zero-order valence-electron chi connectivity index (χ0n) is 11.5. The lowest BCUT2D eigenvalue weighted by Crippen LogP contribution is -2.37. The third kappa shape index (κ3) is 4.61. The van der Waals surface area contributed by atoms with Crippen molar-refractivity contribution < 1.29 is 17.5 Å².